The summed E-state index contributed by atoms with van der Waals surface area (Å²) >= 11 is 0. The van der Waals surface area contributed by atoms with Crippen molar-refractivity contribution in [1.29, 1.82) is 0 Å². The van der Waals surface area contributed by atoms with Crippen LogP contribution in [-0.2, 0) is 4.79 Å². The molecule has 0 aromatic heterocycles. The average Bonchev–Trinajstić information content (AvgIpc) is 2.41. The van der Waals surface area contributed by atoms with Gasteiger partial charge in [0.25, 0.3) is 0 Å². The fourth-order valence-corrected chi connectivity index (χ4v) is 2.31. The maximum Gasteiger partial charge on any atom is 0.315 e. The molecule has 0 aliphatic heterocycles. The number of carbonyl (C=O) groups is 1. The summed E-state index contributed by atoms with van der Waals surface area (Å²) in [7, 11) is 0. The zero-order chi connectivity index (χ0) is 14.7. The Kier molecular flexibility index (Phi) is 4.23. The number of aliphatic carboxylic acids is 1. The first-order chi connectivity index (χ1) is 9.49. The molecule has 1 unspecified atom stereocenters. The smallest absolute Gasteiger partial charge is 0.315 e. The van der Waals surface area contributed by atoms with Gasteiger partial charge in [-0.3, -0.25) is 4.79 Å². The third kappa shape index (κ3) is 3.08. The maximum absolute atomic E-state index is 11.6. The van der Waals surface area contributed by atoms with Crippen molar-refractivity contribution in [3.63, 3.8) is 0 Å². The molecule has 0 bridgehead atoms. The van der Waals surface area contributed by atoms with Crippen molar-refractivity contribution in [1.82, 2.24) is 0 Å². The highest BCUT2D eigenvalue weighted by atomic mass is 16.4. The number of carboxylic acid groups (broad SMARTS) is 1. The van der Waals surface area contributed by atoms with Gasteiger partial charge in [0.1, 0.15) is 5.92 Å². The summed E-state index contributed by atoms with van der Waals surface area (Å²) in [5.74, 6) is -0.963. The summed E-state index contributed by atoms with van der Waals surface area (Å²) in [5, 5.41) is 9.53. The number of hydrogen-bond donors (Lipinski definition) is 1. The molecule has 2 rings (SSSR count). The lowest BCUT2D eigenvalue weighted by Crippen LogP contribution is -2.13. The van der Waals surface area contributed by atoms with Crippen LogP contribution in [0.25, 0.3) is 0 Å². The van der Waals surface area contributed by atoms with Crippen LogP contribution >= 0.6 is 0 Å². The van der Waals surface area contributed by atoms with Gasteiger partial charge in [-0.1, -0.05) is 67.9 Å². The zero-order valence-electron chi connectivity index (χ0n) is 12.1. The lowest BCUT2D eigenvalue weighted by molar-refractivity contribution is -0.137. The van der Waals surface area contributed by atoms with Gasteiger partial charge in [-0.2, -0.15) is 0 Å². The van der Waals surface area contributed by atoms with Crippen LogP contribution in [0.4, 0.5) is 0 Å². The van der Waals surface area contributed by atoms with Gasteiger partial charge >= 0.3 is 5.97 Å². The zero-order valence-corrected chi connectivity index (χ0v) is 12.1. The van der Waals surface area contributed by atoms with Gasteiger partial charge in [-0.05, 0) is 29.5 Å². The van der Waals surface area contributed by atoms with Crippen LogP contribution in [0.3, 0.4) is 0 Å². The van der Waals surface area contributed by atoms with E-state index in [1.54, 1.807) is 0 Å². The first-order valence-electron chi connectivity index (χ1n) is 6.88. The van der Waals surface area contributed by atoms with Crippen LogP contribution in [0, 0.1) is 6.92 Å². The first kappa shape index (κ1) is 14.3. The number of benzene rings is 2. The Morgan fingerprint density at radius 2 is 1.25 bits per heavy atom. The lowest BCUT2D eigenvalue weighted by Gasteiger charge is -2.15. The van der Waals surface area contributed by atoms with Crippen LogP contribution < -0.4 is 0 Å². The van der Waals surface area contributed by atoms with Gasteiger partial charge in [-0.15, -0.1) is 0 Å². The van der Waals surface area contributed by atoms with Crippen molar-refractivity contribution in [2.24, 2.45) is 0 Å². The number of aryl methyl sites for hydroxylation is 1. The topological polar surface area (TPSA) is 37.3 Å². The van der Waals surface area contributed by atoms with E-state index in [9.17, 15) is 9.90 Å². The summed E-state index contributed by atoms with van der Waals surface area (Å²) in [6.45, 7) is 6.25. The van der Waals surface area contributed by atoms with Gasteiger partial charge < -0.3 is 5.11 Å². The molecule has 1 atom stereocenters. The molecule has 0 amide bonds. The van der Waals surface area contributed by atoms with E-state index < -0.39 is 11.9 Å². The van der Waals surface area contributed by atoms with Gasteiger partial charge in [0.2, 0.25) is 0 Å². The van der Waals surface area contributed by atoms with Crippen molar-refractivity contribution in [3.8, 4) is 0 Å². The highest BCUT2D eigenvalue weighted by Gasteiger charge is 2.21. The van der Waals surface area contributed by atoms with Crippen LogP contribution in [0.1, 0.15) is 47.9 Å². The third-order valence-electron chi connectivity index (χ3n) is 3.59. The van der Waals surface area contributed by atoms with Crippen molar-refractivity contribution in [2.75, 3.05) is 0 Å². The van der Waals surface area contributed by atoms with Gasteiger partial charge in [0, 0.05) is 0 Å². The van der Waals surface area contributed by atoms with Crippen molar-refractivity contribution in [2.45, 2.75) is 32.6 Å². The molecule has 20 heavy (non-hydrogen) atoms. The Bertz CT molecular complexity index is 580. The van der Waals surface area contributed by atoms with Crippen LogP contribution in [0.2, 0.25) is 0 Å². The second-order valence-electron chi connectivity index (χ2n) is 5.50. The molecule has 1 N–H and O–H groups in total. The highest BCUT2D eigenvalue weighted by Crippen LogP contribution is 2.27. The largest absolute Gasteiger partial charge is 0.481 e. The molecule has 0 aliphatic rings. The first-order valence-corrected chi connectivity index (χ1v) is 6.88. The summed E-state index contributed by atoms with van der Waals surface area (Å²) < 4.78 is 0. The van der Waals surface area contributed by atoms with E-state index in [0.717, 1.165) is 16.7 Å². The summed E-state index contributed by atoms with van der Waals surface area (Å²) in [4.78, 5) is 11.6. The Balaban J connectivity index is 2.38. The molecule has 0 radical (unpaired) electrons. The molecule has 2 aromatic rings. The molecule has 0 saturated carbocycles. The number of hydrogen-bond acceptors (Lipinski definition) is 1. The van der Waals surface area contributed by atoms with Gasteiger partial charge in [-0.25, -0.2) is 0 Å². The number of rotatable bonds is 4. The molecule has 2 nitrogen and oxygen atoms in total. The Morgan fingerprint density at radius 1 is 0.850 bits per heavy atom. The van der Waals surface area contributed by atoms with E-state index in [1.807, 2.05) is 55.5 Å². The predicted molar refractivity (Wildman–Crippen MR) is 81.2 cm³/mol. The SMILES string of the molecule is Cc1ccc(C(C(=O)O)c2ccc(C(C)C)cc2)cc1. The quantitative estimate of drug-likeness (QED) is 0.895. The van der Waals surface area contributed by atoms with Crippen LogP contribution in [0.15, 0.2) is 48.5 Å². The molecule has 2 aromatic carbocycles. The van der Waals surface area contributed by atoms with Crippen molar-refractivity contribution in [3.05, 3.63) is 70.8 Å². The fraction of sp³-hybridized carbons (Fsp3) is 0.278. The van der Waals surface area contributed by atoms with Gasteiger partial charge in [0.15, 0.2) is 0 Å². The van der Waals surface area contributed by atoms with E-state index in [1.165, 1.54) is 5.56 Å². The Morgan fingerprint density at radius 3 is 1.65 bits per heavy atom. The lowest BCUT2D eigenvalue weighted by atomic mass is 9.89. The predicted octanol–water partition coefficient (Wildman–Crippen LogP) is 4.33. The molecule has 0 heterocycles. The molecule has 104 valence electrons. The molecule has 0 fully saturated rings. The van der Waals surface area contributed by atoms with E-state index in [-0.39, 0.29) is 0 Å². The van der Waals surface area contributed by atoms with Crippen molar-refractivity contribution < 1.29 is 9.90 Å². The molecular weight excluding hydrogens is 248 g/mol. The van der Waals surface area contributed by atoms with Crippen molar-refractivity contribution >= 4 is 5.97 Å². The monoisotopic (exact) mass is 268 g/mol. The summed E-state index contributed by atoms with van der Waals surface area (Å²) in [5.41, 5.74) is 4.00. The van der Waals surface area contributed by atoms with Crippen LogP contribution in [0.5, 0.6) is 0 Å². The second kappa shape index (κ2) is 5.91. The van der Waals surface area contributed by atoms with Crippen LogP contribution in [-0.4, -0.2) is 11.1 Å². The Hall–Kier alpha value is -2.09. The molecule has 2 heteroatoms. The fourth-order valence-electron chi connectivity index (χ4n) is 2.31. The van der Waals surface area contributed by atoms with E-state index in [0.29, 0.717) is 5.92 Å². The Labute approximate surface area is 120 Å². The van der Waals surface area contributed by atoms with E-state index >= 15 is 0 Å². The minimum absolute atomic E-state index is 0.451. The second-order valence-corrected chi connectivity index (χ2v) is 5.50. The van der Waals surface area contributed by atoms with E-state index in [4.69, 9.17) is 0 Å². The van der Waals surface area contributed by atoms with Gasteiger partial charge in [0.05, 0.1) is 0 Å². The standard InChI is InChI=1S/C18H20O2/c1-12(2)14-8-10-16(11-9-14)17(18(19)20)15-6-4-13(3)5-7-15/h4-12,17H,1-3H3,(H,19,20). The normalized spacial score (nSPS) is 12.4. The molecule has 0 saturated heterocycles. The molecule has 0 aliphatic carbocycles. The van der Waals surface area contributed by atoms with E-state index in [2.05, 4.69) is 13.8 Å². The third-order valence-corrected chi connectivity index (χ3v) is 3.59. The highest BCUT2D eigenvalue weighted by molar-refractivity contribution is 5.80. The minimum atomic E-state index is -0.814. The average molecular weight is 268 g/mol. The summed E-state index contributed by atoms with van der Waals surface area (Å²) in [6.07, 6.45) is 0. The minimum Gasteiger partial charge on any atom is -0.481 e. The summed E-state index contributed by atoms with van der Waals surface area (Å²) in [6, 6.07) is 15.6. The molecule has 0 spiro atoms. The number of carboxylic acids is 1. The molecular formula is C18H20O2. The maximum atomic E-state index is 11.6.